The molecule has 2 rings (SSSR count). The first-order valence-corrected chi connectivity index (χ1v) is 7.02. The Morgan fingerprint density at radius 2 is 2.18 bits per heavy atom. The summed E-state index contributed by atoms with van der Waals surface area (Å²) in [5.41, 5.74) is 0.645. The van der Waals surface area contributed by atoms with Gasteiger partial charge >= 0.3 is 0 Å². The molecule has 0 radical (unpaired) electrons. The summed E-state index contributed by atoms with van der Waals surface area (Å²) in [6.07, 6.45) is 0.665. The van der Waals surface area contributed by atoms with E-state index in [-0.39, 0.29) is 12.3 Å². The predicted octanol–water partition coefficient (Wildman–Crippen LogP) is 2.36. The Labute approximate surface area is 128 Å². The highest BCUT2D eigenvalue weighted by atomic mass is 16.5. The van der Waals surface area contributed by atoms with Crippen molar-refractivity contribution in [3.63, 3.8) is 0 Å². The largest absolute Gasteiger partial charge is 0.493 e. The molecule has 0 aliphatic rings. The lowest BCUT2D eigenvalue weighted by atomic mass is 10.2. The molecular formula is C15H19N3O4. The van der Waals surface area contributed by atoms with Crippen LogP contribution in [-0.2, 0) is 11.2 Å². The molecule has 7 nitrogen and oxygen atoms in total. The highest BCUT2D eigenvalue weighted by Gasteiger charge is 2.10. The number of hydrogen-bond acceptors (Lipinski definition) is 6. The van der Waals surface area contributed by atoms with Crippen LogP contribution >= 0.6 is 0 Å². The maximum atomic E-state index is 11.9. The molecule has 1 heterocycles. The van der Waals surface area contributed by atoms with Crippen molar-refractivity contribution >= 4 is 11.6 Å². The van der Waals surface area contributed by atoms with Gasteiger partial charge in [-0.2, -0.15) is 4.98 Å². The van der Waals surface area contributed by atoms with Crippen molar-refractivity contribution < 1.29 is 18.8 Å². The quantitative estimate of drug-likeness (QED) is 0.845. The van der Waals surface area contributed by atoms with E-state index in [1.807, 2.05) is 6.92 Å². The van der Waals surface area contributed by atoms with Crippen molar-refractivity contribution in [1.29, 1.82) is 0 Å². The van der Waals surface area contributed by atoms with Gasteiger partial charge in [0, 0.05) is 24.6 Å². The number of benzene rings is 1. The number of carbonyl (C=O) groups is 1. The molecule has 0 aliphatic carbocycles. The molecule has 22 heavy (non-hydrogen) atoms. The maximum Gasteiger partial charge on any atom is 0.227 e. The first-order chi connectivity index (χ1) is 10.6. The molecule has 0 fully saturated rings. The SMILES string of the molecule is CCOc1ccc(NC(=O)CCc2nc(C)no2)cc1OC. The second kappa shape index (κ2) is 7.44. The van der Waals surface area contributed by atoms with E-state index in [4.69, 9.17) is 14.0 Å². The van der Waals surface area contributed by atoms with Gasteiger partial charge in [0.25, 0.3) is 0 Å². The van der Waals surface area contributed by atoms with E-state index in [1.54, 1.807) is 32.2 Å². The average molecular weight is 305 g/mol. The molecule has 0 atom stereocenters. The second-order valence-corrected chi connectivity index (χ2v) is 4.58. The highest BCUT2D eigenvalue weighted by molar-refractivity contribution is 5.91. The Bertz CT molecular complexity index is 639. The van der Waals surface area contributed by atoms with Crippen LogP contribution in [0.4, 0.5) is 5.69 Å². The predicted molar refractivity (Wildman–Crippen MR) is 80.1 cm³/mol. The van der Waals surface area contributed by atoms with E-state index in [2.05, 4.69) is 15.5 Å². The Morgan fingerprint density at radius 1 is 1.36 bits per heavy atom. The minimum atomic E-state index is -0.137. The number of aryl methyl sites for hydroxylation is 2. The van der Waals surface area contributed by atoms with Crippen LogP contribution in [0.25, 0.3) is 0 Å². The summed E-state index contributed by atoms with van der Waals surface area (Å²) in [6.45, 7) is 4.18. The van der Waals surface area contributed by atoms with E-state index in [0.29, 0.717) is 41.9 Å². The summed E-state index contributed by atoms with van der Waals surface area (Å²) in [6, 6.07) is 5.25. The third kappa shape index (κ3) is 4.21. The smallest absolute Gasteiger partial charge is 0.227 e. The van der Waals surface area contributed by atoms with Gasteiger partial charge in [-0.15, -0.1) is 0 Å². The third-order valence-corrected chi connectivity index (χ3v) is 2.88. The lowest BCUT2D eigenvalue weighted by Crippen LogP contribution is -2.12. The Morgan fingerprint density at radius 3 is 2.82 bits per heavy atom. The van der Waals surface area contributed by atoms with Crippen LogP contribution in [0.1, 0.15) is 25.1 Å². The van der Waals surface area contributed by atoms with Crippen LogP contribution in [0, 0.1) is 6.92 Å². The number of amides is 1. The van der Waals surface area contributed by atoms with Gasteiger partial charge in [-0.05, 0) is 26.0 Å². The molecule has 0 bridgehead atoms. The summed E-state index contributed by atoms with van der Waals surface area (Å²) in [4.78, 5) is 16.0. The molecule has 0 saturated carbocycles. The molecule has 118 valence electrons. The molecular weight excluding hydrogens is 286 g/mol. The monoisotopic (exact) mass is 305 g/mol. The van der Waals surface area contributed by atoms with Crippen molar-refractivity contribution in [3.05, 3.63) is 29.9 Å². The molecule has 2 aromatic rings. The summed E-state index contributed by atoms with van der Waals surface area (Å²) >= 11 is 0. The van der Waals surface area contributed by atoms with Gasteiger partial charge < -0.3 is 19.3 Å². The molecule has 0 unspecified atom stereocenters. The molecule has 1 aromatic heterocycles. The van der Waals surface area contributed by atoms with Crippen molar-refractivity contribution in [1.82, 2.24) is 10.1 Å². The van der Waals surface area contributed by atoms with Gasteiger partial charge in [-0.1, -0.05) is 5.16 Å². The first-order valence-electron chi connectivity index (χ1n) is 7.02. The van der Waals surface area contributed by atoms with Crippen molar-refractivity contribution in [2.75, 3.05) is 19.0 Å². The van der Waals surface area contributed by atoms with Crippen LogP contribution in [0.3, 0.4) is 0 Å². The molecule has 0 aliphatic heterocycles. The van der Waals surface area contributed by atoms with Gasteiger partial charge in [0.05, 0.1) is 13.7 Å². The number of anilines is 1. The van der Waals surface area contributed by atoms with Gasteiger partial charge in [-0.3, -0.25) is 4.79 Å². The summed E-state index contributed by atoms with van der Waals surface area (Å²) < 4.78 is 15.6. The minimum absolute atomic E-state index is 0.137. The number of nitrogens with zero attached hydrogens (tertiary/aromatic N) is 2. The van der Waals surface area contributed by atoms with E-state index in [1.165, 1.54) is 0 Å². The normalized spacial score (nSPS) is 10.3. The van der Waals surface area contributed by atoms with Crippen LogP contribution in [0.15, 0.2) is 22.7 Å². The van der Waals surface area contributed by atoms with Crippen LogP contribution in [-0.4, -0.2) is 29.8 Å². The molecule has 1 N–H and O–H groups in total. The number of carbonyl (C=O) groups excluding carboxylic acids is 1. The van der Waals surface area contributed by atoms with Gasteiger partial charge in [0.2, 0.25) is 11.8 Å². The zero-order valence-electron chi connectivity index (χ0n) is 12.9. The minimum Gasteiger partial charge on any atom is -0.493 e. The number of aromatic nitrogens is 2. The van der Waals surface area contributed by atoms with E-state index < -0.39 is 0 Å². The van der Waals surface area contributed by atoms with Crippen LogP contribution in [0.2, 0.25) is 0 Å². The Kier molecular flexibility index (Phi) is 5.35. The lowest BCUT2D eigenvalue weighted by Gasteiger charge is -2.11. The Hall–Kier alpha value is -2.57. The van der Waals surface area contributed by atoms with Crippen LogP contribution < -0.4 is 14.8 Å². The topological polar surface area (TPSA) is 86.5 Å². The Balaban J connectivity index is 1.93. The fraction of sp³-hybridized carbons (Fsp3) is 0.400. The first kappa shape index (κ1) is 15.8. The average Bonchev–Trinajstić information content (AvgIpc) is 2.92. The maximum absolute atomic E-state index is 11.9. The van der Waals surface area contributed by atoms with Crippen molar-refractivity contribution in [3.8, 4) is 11.5 Å². The molecule has 0 saturated heterocycles. The van der Waals surface area contributed by atoms with Crippen molar-refractivity contribution in [2.24, 2.45) is 0 Å². The molecule has 1 amide bonds. The summed E-state index contributed by atoms with van der Waals surface area (Å²) in [7, 11) is 1.56. The van der Waals surface area contributed by atoms with E-state index in [9.17, 15) is 4.79 Å². The molecule has 7 heteroatoms. The lowest BCUT2D eigenvalue weighted by molar-refractivity contribution is -0.116. The van der Waals surface area contributed by atoms with Gasteiger partial charge in [-0.25, -0.2) is 0 Å². The molecule has 1 aromatic carbocycles. The number of ether oxygens (including phenoxy) is 2. The number of rotatable bonds is 7. The second-order valence-electron chi connectivity index (χ2n) is 4.58. The third-order valence-electron chi connectivity index (χ3n) is 2.88. The number of hydrogen-bond donors (Lipinski definition) is 1. The fourth-order valence-electron chi connectivity index (χ4n) is 1.91. The van der Waals surface area contributed by atoms with Gasteiger partial charge in [0.15, 0.2) is 17.3 Å². The fourth-order valence-corrected chi connectivity index (χ4v) is 1.91. The zero-order valence-corrected chi connectivity index (χ0v) is 12.9. The zero-order chi connectivity index (χ0) is 15.9. The number of methoxy groups -OCH3 is 1. The summed E-state index contributed by atoms with van der Waals surface area (Å²) in [5, 5.41) is 6.48. The standard InChI is InChI=1S/C15H19N3O4/c1-4-21-12-6-5-11(9-13(12)20-3)17-14(19)7-8-15-16-10(2)18-22-15/h5-6,9H,4,7-8H2,1-3H3,(H,17,19). The van der Waals surface area contributed by atoms with E-state index in [0.717, 1.165) is 0 Å². The number of nitrogens with one attached hydrogen (secondary N) is 1. The highest BCUT2D eigenvalue weighted by Crippen LogP contribution is 2.30. The van der Waals surface area contributed by atoms with Crippen LogP contribution in [0.5, 0.6) is 11.5 Å². The van der Waals surface area contributed by atoms with Gasteiger partial charge in [0.1, 0.15) is 0 Å². The van der Waals surface area contributed by atoms with E-state index >= 15 is 0 Å². The molecule has 0 spiro atoms. The summed E-state index contributed by atoms with van der Waals surface area (Å²) in [5.74, 6) is 2.10. The van der Waals surface area contributed by atoms with Crippen molar-refractivity contribution in [2.45, 2.75) is 26.7 Å².